The Kier molecular flexibility index (Phi) is 4.29. The number of carboxylic acids is 1. The summed E-state index contributed by atoms with van der Waals surface area (Å²) >= 11 is 0. The van der Waals surface area contributed by atoms with Crippen LogP contribution in [0.3, 0.4) is 0 Å². The Hall–Kier alpha value is -1.35. The van der Waals surface area contributed by atoms with Crippen molar-refractivity contribution in [1.82, 2.24) is 0 Å². The molecule has 2 unspecified atom stereocenters. The number of aliphatic hydroxyl groups is 1. The van der Waals surface area contributed by atoms with Gasteiger partial charge in [-0.3, -0.25) is 4.79 Å². The van der Waals surface area contributed by atoms with Crippen molar-refractivity contribution in [1.29, 1.82) is 0 Å². The summed E-state index contributed by atoms with van der Waals surface area (Å²) < 4.78 is 0. The number of carboxylic acid groups (broad SMARTS) is 1. The maximum Gasteiger partial charge on any atom is 0.311 e. The molecule has 0 fully saturated rings. The normalized spacial score (nSPS) is 15.3. The van der Waals surface area contributed by atoms with E-state index in [0.29, 0.717) is 6.42 Å². The quantitative estimate of drug-likeness (QED) is 0.826. The summed E-state index contributed by atoms with van der Waals surface area (Å²) in [5.41, 5.74) is 0.0102. The summed E-state index contributed by atoms with van der Waals surface area (Å²) in [7, 11) is 0. The smallest absolute Gasteiger partial charge is 0.311 e. The highest BCUT2D eigenvalue weighted by Crippen LogP contribution is 2.29. The van der Waals surface area contributed by atoms with Crippen LogP contribution in [0.2, 0.25) is 0 Å². The second-order valence-electron chi connectivity index (χ2n) is 5.09. The first-order valence-corrected chi connectivity index (χ1v) is 5.82. The number of aliphatic hydroxyl groups excluding tert-OH is 1. The van der Waals surface area contributed by atoms with E-state index in [1.165, 1.54) is 0 Å². The van der Waals surface area contributed by atoms with E-state index in [1.807, 2.05) is 37.3 Å². The fourth-order valence-corrected chi connectivity index (χ4v) is 1.69. The van der Waals surface area contributed by atoms with Gasteiger partial charge in [0.25, 0.3) is 0 Å². The van der Waals surface area contributed by atoms with E-state index in [0.717, 1.165) is 5.56 Å². The van der Waals surface area contributed by atoms with Crippen LogP contribution in [0.5, 0.6) is 0 Å². The third kappa shape index (κ3) is 3.30. The Bertz CT molecular complexity index is 370. The van der Waals surface area contributed by atoms with Crippen LogP contribution >= 0.6 is 0 Å². The van der Waals surface area contributed by atoms with Crippen molar-refractivity contribution in [3.8, 4) is 0 Å². The van der Waals surface area contributed by atoms with Crippen LogP contribution in [0.25, 0.3) is 0 Å². The van der Waals surface area contributed by atoms with E-state index in [2.05, 4.69) is 0 Å². The van der Waals surface area contributed by atoms with Crippen LogP contribution in [0.15, 0.2) is 30.3 Å². The highest BCUT2D eigenvalue weighted by Gasteiger charge is 2.36. The molecule has 1 rings (SSSR count). The van der Waals surface area contributed by atoms with E-state index < -0.39 is 17.5 Å². The second kappa shape index (κ2) is 5.32. The molecule has 0 heterocycles. The largest absolute Gasteiger partial charge is 0.481 e. The van der Waals surface area contributed by atoms with E-state index >= 15 is 0 Å². The van der Waals surface area contributed by atoms with E-state index in [9.17, 15) is 9.90 Å². The molecule has 94 valence electrons. The fourth-order valence-electron chi connectivity index (χ4n) is 1.69. The standard InChI is InChI=1S/C14H20O3/c1-10(11-7-5-4-6-8-11)9-12(15)14(2,3)13(16)17/h4-8,10,12,15H,9H2,1-3H3,(H,16,17). The Morgan fingerprint density at radius 3 is 2.29 bits per heavy atom. The van der Waals surface area contributed by atoms with Crippen LogP contribution in [0.4, 0.5) is 0 Å². The number of hydrogen-bond donors (Lipinski definition) is 2. The predicted molar refractivity (Wildman–Crippen MR) is 66.9 cm³/mol. The van der Waals surface area contributed by atoms with Gasteiger partial charge in [-0.1, -0.05) is 37.3 Å². The third-order valence-electron chi connectivity index (χ3n) is 3.33. The van der Waals surface area contributed by atoms with Crippen LogP contribution in [-0.4, -0.2) is 22.3 Å². The Balaban J connectivity index is 2.70. The molecule has 0 radical (unpaired) electrons. The molecule has 0 saturated carbocycles. The average Bonchev–Trinajstić information content (AvgIpc) is 2.29. The van der Waals surface area contributed by atoms with Crippen LogP contribution in [0, 0.1) is 5.41 Å². The summed E-state index contributed by atoms with van der Waals surface area (Å²) in [6, 6.07) is 9.81. The molecule has 0 spiro atoms. The third-order valence-corrected chi connectivity index (χ3v) is 3.33. The molecule has 0 amide bonds. The molecule has 3 heteroatoms. The van der Waals surface area contributed by atoms with Gasteiger partial charge in [0.1, 0.15) is 0 Å². The first kappa shape index (κ1) is 13.7. The van der Waals surface area contributed by atoms with Crippen LogP contribution < -0.4 is 0 Å². The zero-order chi connectivity index (χ0) is 13.1. The lowest BCUT2D eigenvalue weighted by Gasteiger charge is -2.28. The van der Waals surface area contributed by atoms with Crippen molar-refractivity contribution in [2.45, 2.75) is 39.2 Å². The van der Waals surface area contributed by atoms with Crippen molar-refractivity contribution in [3.05, 3.63) is 35.9 Å². The van der Waals surface area contributed by atoms with E-state index in [-0.39, 0.29) is 5.92 Å². The predicted octanol–water partition coefficient (Wildman–Crippen LogP) is 2.65. The van der Waals surface area contributed by atoms with Crippen molar-refractivity contribution in [3.63, 3.8) is 0 Å². The van der Waals surface area contributed by atoms with Gasteiger partial charge < -0.3 is 10.2 Å². The molecule has 17 heavy (non-hydrogen) atoms. The molecule has 0 bridgehead atoms. The van der Waals surface area contributed by atoms with Crippen molar-refractivity contribution in [2.75, 3.05) is 0 Å². The Labute approximate surface area is 102 Å². The lowest BCUT2D eigenvalue weighted by Crippen LogP contribution is -2.37. The number of carbonyl (C=O) groups is 1. The maximum atomic E-state index is 11.0. The van der Waals surface area contributed by atoms with Gasteiger partial charge in [0, 0.05) is 0 Å². The average molecular weight is 236 g/mol. The Morgan fingerprint density at radius 2 is 1.82 bits per heavy atom. The SMILES string of the molecule is CC(CC(O)C(C)(C)C(=O)O)c1ccccc1. The lowest BCUT2D eigenvalue weighted by atomic mass is 9.80. The molecule has 1 aromatic rings. The van der Waals surface area contributed by atoms with Gasteiger partial charge in [-0.2, -0.15) is 0 Å². The van der Waals surface area contributed by atoms with Crippen LogP contribution in [0.1, 0.15) is 38.7 Å². The molecule has 2 N–H and O–H groups in total. The molecular formula is C14H20O3. The highest BCUT2D eigenvalue weighted by atomic mass is 16.4. The van der Waals surface area contributed by atoms with Crippen molar-refractivity contribution >= 4 is 5.97 Å². The van der Waals surface area contributed by atoms with Gasteiger partial charge >= 0.3 is 5.97 Å². The summed E-state index contributed by atoms with van der Waals surface area (Å²) in [5, 5.41) is 19.0. The number of aliphatic carboxylic acids is 1. The first-order chi connectivity index (χ1) is 7.85. The van der Waals surface area contributed by atoms with E-state index in [1.54, 1.807) is 13.8 Å². The maximum absolute atomic E-state index is 11.0. The summed E-state index contributed by atoms with van der Waals surface area (Å²) in [6.07, 6.45) is -0.404. The Morgan fingerprint density at radius 1 is 1.29 bits per heavy atom. The van der Waals surface area contributed by atoms with Crippen LogP contribution in [-0.2, 0) is 4.79 Å². The van der Waals surface area contributed by atoms with Crippen molar-refractivity contribution in [2.24, 2.45) is 5.41 Å². The minimum Gasteiger partial charge on any atom is -0.481 e. The van der Waals surface area contributed by atoms with Gasteiger partial charge in [0.05, 0.1) is 11.5 Å². The van der Waals surface area contributed by atoms with Gasteiger partial charge in [-0.15, -0.1) is 0 Å². The monoisotopic (exact) mass is 236 g/mol. The molecule has 2 atom stereocenters. The summed E-state index contributed by atoms with van der Waals surface area (Å²) in [5.74, 6) is -0.824. The number of rotatable bonds is 5. The first-order valence-electron chi connectivity index (χ1n) is 5.82. The molecule has 0 aromatic heterocycles. The summed E-state index contributed by atoms with van der Waals surface area (Å²) in [6.45, 7) is 5.10. The van der Waals surface area contributed by atoms with Crippen molar-refractivity contribution < 1.29 is 15.0 Å². The molecule has 0 saturated heterocycles. The summed E-state index contributed by atoms with van der Waals surface area (Å²) in [4.78, 5) is 11.0. The molecule has 0 aliphatic rings. The fraction of sp³-hybridized carbons (Fsp3) is 0.500. The van der Waals surface area contributed by atoms with Gasteiger partial charge in [0.15, 0.2) is 0 Å². The topological polar surface area (TPSA) is 57.5 Å². The second-order valence-corrected chi connectivity index (χ2v) is 5.09. The minimum atomic E-state index is -1.11. The van der Waals surface area contributed by atoms with Gasteiger partial charge in [-0.05, 0) is 31.7 Å². The number of benzene rings is 1. The number of hydrogen-bond acceptors (Lipinski definition) is 2. The molecule has 0 aliphatic heterocycles. The molecule has 0 aliphatic carbocycles. The highest BCUT2D eigenvalue weighted by molar-refractivity contribution is 5.74. The molecular weight excluding hydrogens is 216 g/mol. The van der Waals surface area contributed by atoms with Gasteiger partial charge in [0.2, 0.25) is 0 Å². The minimum absolute atomic E-state index is 0.143. The van der Waals surface area contributed by atoms with E-state index in [4.69, 9.17) is 5.11 Å². The lowest BCUT2D eigenvalue weighted by molar-refractivity contribution is -0.153. The molecule has 1 aromatic carbocycles. The zero-order valence-electron chi connectivity index (χ0n) is 10.6. The van der Waals surface area contributed by atoms with Gasteiger partial charge in [-0.25, -0.2) is 0 Å². The zero-order valence-corrected chi connectivity index (χ0v) is 10.6. The molecule has 3 nitrogen and oxygen atoms in total.